The van der Waals surface area contributed by atoms with Gasteiger partial charge in [0.05, 0.1) is 24.5 Å². The summed E-state index contributed by atoms with van der Waals surface area (Å²) in [5.74, 6) is -0.000384. The highest BCUT2D eigenvalue weighted by atomic mass is 16.5. The van der Waals surface area contributed by atoms with Crippen molar-refractivity contribution in [2.24, 2.45) is 0 Å². The van der Waals surface area contributed by atoms with E-state index in [0.29, 0.717) is 35.0 Å². The fourth-order valence-corrected chi connectivity index (χ4v) is 4.47. The molecule has 0 saturated heterocycles. The zero-order chi connectivity index (χ0) is 24.7. The molecule has 1 aliphatic rings. The van der Waals surface area contributed by atoms with E-state index in [1.54, 1.807) is 48.4 Å². The molecular weight excluding hydrogens is 442 g/mol. The number of anilines is 1. The molecule has 4 aromatic rings. The van der Waals surface area contributed by atoms with Crippen LogP contribution in [0.3, 0.4) is 0 Å². The first-order chi connectivity index (χ1) is 16.8. The van der Waals surface area contributed by atoms with Crippen LogP contribution in [0.15, 0.2) is 71.3 Å². The molecule has 0 fully saturated rings. The molecule has 0 spiro atoms. The van der Waals surface area contributed by atoms with Crippen molar-refractivity contribution in [3.63, 3.8) is 0 Å². The van der Waals surface area contributed by atoms with Crippen LogP contribution in [0.2, 0.25) is 0 Å². The lowest BCUT2D eigenvalue weighted by Crippen LogP contribution is -2.29. The smallest absolute Gasteiger partial charge is 0.338 e. The van der Waals surface area contributed by atoms with Gasteiger partial charge >= 0.3 is 5.97 Å². The summed E-state index contributed by atoms with van der Waals surface area (Å²) in [4.78, 5) is 27.5. The van der Waals surface area contributed by atoms with Gasteiger partial charge < -0.3 is 9.15 Å². The Bertz CT molecular complexity index is 1360. The topological polar surface area (TPSA) is 88.4 Å². The molecule has 1 aliphatic heterocycles. The lowest BCUT2D eigenvalue weighted by atomic mass is 9.85. The van der Waals surface area contributed by atoms with Gasteiger partial charge in [0, 0.05) is 11.3 Å². The van der Waals surface area contributed by atoms with E-state index in [4.69, 9.17) is 9.15 Å². The van der Waals surface area contributed by atoms with Gasteiger partial charge in [0.15, 0.2) is 11.5 Å². The molecule has 178 valence electrons. The Hall–Kier alpha value is -4.13. The molecule has 1 atom stereocenters. The van der Waals surface area contributed by atoms with Gasteiger partial charge in [-0.25, -0.2) is 4.79 Å². The number of esters is 1. The van der Waals surface area contributed by atoms with Crippen LogP contribution in [-0.4, -0.2) is 28.7 Å². The third-order valence-corrected chi connectivity index (χ3v) is 6.27. The molecular formula is C28H27N3O4. The van der Waals surface area contributed by atoms with Crippen molar-refractivity contribution in [3.05, 3.63) is 94.9 Å². The molecule has 0 aliphatic carbocycles. The number of H-pyrrole nitrogens is 1. The van der Waals surface area contributed by atoms with E-state index < -0.39 is 12.0 Å². The molecule has 2 aromatic carbocycles. The van der Waals surface area contributed by atoms with E-state index in [0.717, 1.165) is 11.1 Å². The molecule has 35 heavy (non-hydrogen) atoms. The van der Waals surface area contributed by atoms with Crippen LogP contribution in [0.4, 0.5) is 5.69 Å². The van der Waals surface area contributed by atoms with Gasteiger partial charge in [-0.15, -0.1) is 0 Å². The Morgan fingerprint density at radius 3 is 2.40 bits per heavy atom. The number of carbonyl (C=O) groups is 2. The molecule has 1 unspecified atom stereocenters. The third kappa shape index (κ3) is 3.93. The highest BCUT2D eigenvalue weighted by Crippen LogP contribution is 2.45. The second-order valence-electron chi connectivity index (χ2n) is 9.56. The Morgan fingerprint density at radius 2 is 1.80 bits per heavy atom. The predicted molar refractivity (Wildman–Crippen MR) is 132 cm³/mol. The second kappa shape index (κ2) is 8.58. The summed E-state index contributed by atoms with van der Waals surface area (Å²) in [5, 5.41) is 7.36. The molecule has 0 saturated carbocycles. The molecule has 7 nitrogen and oxygen atoms in total. The van der Waals surface area contributed by atoms with Gasteiger partial charge in [-0.1, -0.05) is 45.0 Å². The van der Waals surface area contributed by atoms with Crippen molar-refractivity contribution in [2.45, 2.75) is 39.2 Å². The number of aromatic amines is 1. The highest BCUT2D eigenvalue weighted by molar-refractivity contribution is 6.11. The molecule has 0 bridgehead atoms. The van der Waals surface area contributed by atoms with Crippen LogP contribution in [0.1, 0.15) is 71.3 Å². The first-order valence-corrected chi connectivity index (χ1v) is 11.6. The molecule has 5 rings (SSSR count). The number of rotatable bonds is 5. The van der Waals surface area contributed by atoms with Gasteiger partial charge in [-0.3, -0.25) is 14.8 Å². The number of hydrogen-bond acceptors (Lipinski definition) is 5. The molecule has 0 radical (unpaired) electrons. The fraction of sp³-hybridized carbons (Fsp3) is 0.250. The number of furan rings is 1. The summed E-state index contributed by atoms with van der Waals surface area (Å²) in [5.41, 5.74) is 5.06. The quantitative estimate of drug-likeness (QED) is 0.368. The maximum absolute atomic E-state index is 13.6. The Labute approximate surface area is 203 Å². The first-order valence-electron chi connectivity index (χ1n) is 11.6. The molecule has 1 N–H and O–H groups in total. The molecule has 2 aromatic heterocycles. The average molecular weight is 470 g/mol. The van der Waals surface area contributed by atoms with Crippen molar-refractivity contribution in [2.75, 3.05) is 11.5 Å². The lowest BCUT2D eigenvalue weighted by molar-refractivity contribution is 0.0526. The predicted octanol–water partition coefficient (Wildman–Crippen LogP) is 5.89. The van der Waals surface area contributed by atoms with Crippen molar-refractivity contribution in [1.29, 1.82) is 0 Å². The van der Waals surface area contributed by atoms with E-state index >= 15 is 0 Å². The van der Waals surface area contributed by atoms with Crippen LogP contribution in [0, 0.1) is 0 Å². The molecule has 1 amide bonds. The largest absolute Gasteiger partial charge is 0.463 e. The summed E-state index contributed by atoms with van der Waals surface area (Å²) < 4.78 is 10.7. The minimum Gasteiger partial charge on any atom is -0.463 e. The number of aromatic nitrogens is 2. The van der Waals surface area contributed by atoms with Crippen molar-refractivity contribution in [1.82, 2.24) is 10.2 Å². The van der Waals surface area contributed by atoms with E-state index in [9.17, 15) is 9.59 Å². The Morgan fingerprint density at radius 1 is 1.09 bits per heavy atom. The van der Waals surface area contributed by atoms with Crippen LogP contribution >= 0.6 is 0 Å². The summed E-state index contributed by atoms with van der Waals surface area (Å²) in [6.07, 6.45) is 1.60. The summed E-state index contributed by atoms with van der Waals surface area (Å²) in [7, 11) is 0. The van der Waals surface area contributed by atoms with E-state index in [1.165, 1.54) is 5.56 Å². The van der Waals surface area contributed by atoms with Crippen molar-refractivity contribution >= 4 is 17.6 Å². The van der Waals surface area contributed by atoms with Crippen molar-refractivity contribution < 1.29 is 18.7 Å². The lowest BCUT2D eigenvalue weighted by Gasteiger charge is -2.27. The number of amides is 1. The molecule has 7 heteroatoms. The SMILES string of the molecule is CCOC(=O)c1ccc(N2C(=O)c3n[nH]c(-c4ccco4)c3C2c2ccc(C(C)(C)C)cc2)cc1. The number of fused-ring (bicyclic) bond motifs is 1. The van der Waals surface area contributed by atoms with Crippen LogP contribution in [0.5, 0.6) is 0 Å². The highest BCUT2D eigenvalue weighted by Gasteiger charge is 2.44. The monoisotopic (exact) mass is 469 g/mol. The van der Waals surface area contributed by atoms with Gasteiger partial charge in [0.1, 0.15) is 5.69 Å². The second-order valence-corrected chi connectivity index (χ2v) is 9.56. The number of hydrogen-bond donors (Lipinski definition) is 1. The zero-order valence-electron chi connectivity index (χ0n) is 20.2. The number of benzene rings is 2. The van der Waals surface area contributed by atoms with E-state index in [1.807, 2.05) is 6.07 Å². The third-order valence-electron chi connectivity index (χ3n) is 6.27. The van der Waals surface area contributed by atoms with Crippen molar-refractivity contribution in [3.8, 4) is 11.5 Å². The van der Waals surface area contributed by atoms with Gasteiger partial charge in [-0.05, 0) is 59.9 Å². The van der Waals surface area contributed by atoms with E-state index in [-0.39, 0.29) is 11.3 Å². The summed E-state index contributed by atoms with van der Waals surface area (Å²) in [6, 6.07) is 18.4. The standard InChI is InChI=1S/C28H27N3O4/c1-5-34-27(33)18-10-14-20(15-11-18)31-25(17-8-12-19(13-9-17)28(2,3)4)22-23(21-7-6-16-35-21)29-30-24(22)26(31)32/h6-16,25H,5H2,1-4H3,(H,29,30). The van der Waals surface area contributed by atoms with E-state index in [2.05, 4.69) is 55.2 Å². The number of carbonyl (C=O) groups excluding carboxylic acids is 2. The average Bonchev–Trinajstić information content (AvgIpc) is 3.57. The van der Waals surface area contributed by atoms with Crippen LogP contribution < -0.4 is 4.90 Å². The Kier molecular flexibility index (Phi) is 5.55. The first kappa shape index (κ1) is 22.7. The zero-order valence-corrected chi connectivity index (χ0v) is 20.2. The maximum Gasteiger partial charge on any atom is 0.338 e. The fourth-order valence-electron chi connectivity index (χ4n) is 4.47. The number of nitrogens with one attached hydrogen (secondary N) is 1. The summed E-state index contributed by atoms with van der Waals surface area (Å²) >= 11 is 0. The normalized spacial score (nSPS) is 15.4. The minimum absolute atomic E-state index is 0.00672. The van der Waals surface area contributed by atoms with Gasteiger partial charge in [0.25, 0.3) is 5.91 Å². The summed E-state index contributed by atoms with van der Waals surface area (Å²) in [6.45, 7) is 8.57. The van der Waals surface area contributed by atoms with Crippen LogP contribution in [0.25, 0.3) is 11.5 Å². The van der Waals surface area contributed by atoms with Gasteiger partial charge in [0.2, 0.25) is 0 Å². The van der Waals surface area contributed by atoms with Gasteiger partial charge in [-0.2, -0.15) is 5.10 Å². The Balaban J connectivity index is 1.62. The van der Waals surface area contributed by atoms with Crippen LogP contribution in [-0.2, 0) is 10.2 Å². The number of nitrogens with zero attached hydrogens (tertiary/aromatic N) is 2. The maximum atomic E-state index is 13.6. The number of ether oxygens (including phenoxy) is 1. The minimum atomic E-state index is -0.418. The molecule has 3 heterocycles.